The van der Waals surface area contributed by atoms with Crippen LogP contribution in [0, 0.1) is 0 Å². The second kappa shape index (κ2) is 7.95. The fourth-order valence-corrected chi connectivity index (χ4v) is 2.00. The van der Waals surface area contributed by atoms with Gasteiger partial charge >= 0.3 is 26.2 Å². The van der Waals surface area contributed by atoms with E-state index in [-0.39, 0.29) is 74.2 Å². The number of allylic oxidation sites excluding steroid dienone is 4. The van der Waals surface area contributed by atoms with Crippen molar-refractivity contribution < 1.29 is 74.2 Å². The van der Waals surface area contributed by atoms with Crippen LogP contribution in [0.15, 0.2) is 54.6 Å². The first-order chi connectivity index (χ1) is 6.93. The smallest absolute Gasteiger partial charge is 1.00 e. The predicted octanol–water partition coefficient (Wildman–Crippen LogP) is -2.09. The Balaban J connectivity index is 0.000000853. The molecule has 0 N–H and O–H groups in total. The molecule has 85 valence electrons. The summed E-state index contributed by atoms with van der Waals surface area (Å²) in [6.45, 7) is 0. The molecule has 17 heavy (non-hydrogen) atoms. The zero-order chi connectivity index (χ0) is 9.38. The predicted molar refractivity (Wildman–Crippen MR) is 61.3 cm³/mol. The summed E-state index contributed by atoms with van der Waals surface area (Å²) in [5.74, 6) is 0. The number of fused-ring (bicyclic) bond motifs is 1. The molecule has 0 saturated carbocycles. The minimum Gasteiger partial charge on any atom is -1.00 e. The molecule has 0 atom stereocenters. The largest absolute Gasteiger partial charge is 3.00 e. The summed E-state index contributed by atoms with van der Waals surface area (Å²) in [6, 6.07) is 13.1. The average Bonchev–Trinajstić information content (AvgIpc) is 2.86. The average molecular weight is 524 g/mol. The molecule has 3 heteroatoms. The van der Waals surface area contributed by atoms with E-state index in [0.717, 1.165) is 6.42 Å². The van der Waals surface area contributed by atoms with Gasteiger partial charge in [0.15, 0.2) is 0 Å². The molecule has 2 aromatic carbocycles. The zero-order valence-electron chi connectivity index (χ0n) is 9.16. The molecule has 0 spiro atoms. The molecule has 0 unspecified atom stereocenters. The molecule has 0 saturated heterocycles. The van der Waals surface area contributed by atoms with E-state index in [1.807, 2.05) is 0 Å². The molecule has 0 aromatic heterocycles. The van der Waals surface area contributed by atoms with E-state index in [2.05, 4.69) is 54.6 Å². The van der Waals surface area contributed by atoms with Gasteiger partial charge in [0.05, 0.1) is 0 Å². The van der Waals surface area contributed by atoms with Gasteiger partial charge in [-0.2, -0.15) is 0 Å². The minimum absolute atomic E-state index is 0. The van der Waals surface area contributed by atoms with E-state index in [0.29, 0.717) is 0 Å². The van der Waals surface area contributed by atoms with Crippen molar-refractivity contribution in [3.8, 4) is 0 Å². The van der Waals surface area contributed by atoms with Crippen LogP contribution >= 0.6 is 0 Å². The van der Waals surface area contributed by atoms with Gasteiger partial charge in [-0.15, -0.1) is 40.1 Å². The van der Waals surface area contributed by atoms with Crippen LogP contribution in [0.5, 0.6) is 0 Å². The summed E-state index contributed by atoms with van der Waals surface area (Å²) in [5, 5.41) is 2.69. The Labute approximate surface area is 155 Å². The number of rotatable bonds is 1. The molecular formula is C14H11I2Zr. The van der Waals surface area contributed by atoms with Crippen molar-refractivity contribution in [2.75, 3.05) is 0 Å². The van der Waals surface area contributed by atoms with Crippen LogP contribution in [0.25, 0.3) is 16.3 Å². The van der Waals surface area contributed by atoms with E-state index in [9.17, 15) is 0 Å². The van der Waals surface area contributed by atoms with E-state index in [1.165, 1.54) is 21.9 Å². The molecule has 0 heterocycles. The van der Waals surface area contributed by atoms with E-state index in [1.54, 1.807) is 0 Å². The van der Waals surface area contributed by atoms with Gasteiger partial charge in [0, 0.05) is 0 Å². The minimum atomic E-state index is 0. The van der Waals surface area contributed by atoms with Crippen molar-refractivity contribution in [1.29, 1.82) is 0 Å². The quantitative estimate of drug-likeness (QED) is 0.297. The summed E-state index contributed by atoms with van der Waals surface area (Å²) >= 11 is 0. The first kappa shape index (κ1) is 17.7. The van der Waals surface area contributed by atoms with Gasteiger partial charge in [0.25, 0.3) is 0 Å². The Morgan fingerprint density at radius 2 is 1.82 bits per heavy atom. The summed E-state index contributed by atoms with van der Waals surface area (Å²) in [6.07, 6.45) is 7.62. The van der Waals surface area contributed by atoms with Crippen molar-refractivity contribution in [2.24, 2.45) is 0 Å². The Bertz CT molecular complexity index is 505. The molecule has 1 aliphatic rings. The SMILES string of the molecule is C1=CCC(c2cc3ccccc3[cH-]2)=C1.[I-].[I-].[Zr+3]. The molecule has 0 bridgehead atoms. The fourth-order valence-electron chi connectivity index (χ4n) is 2.00. The first-order valence-corrected chi connectivity index (χ1v) is 4.95. The fraction of sp³-hybridized carbons (Fsp3) is 0.0714. The third kappa shape index (κ3) is 3.81. The van der Waals surface area contributed by atoms with Crippen molar-refractivity contribution >= 4 is 16.3 Å². The number of hydrogen-bond donors (Lipinski definition) is 0. The first-order valence-electron chi connectivity index (χ1n) is 4.95. The van der Waals surface area contributed by atoms with E-state index >= 15 is 0 Å². The van der Waals surface area contributed by atoms with E-state index < -0.39 is 0 Å². The monoisotopic (exact) mass is 523 g/mol. The Hall–Kier alpha value is 0.653. The van der Waals surface area contributed by atoms with Gasteiger partial charge in [0.2, 0.25) is 0 Å². The molecule has 0 fully saturated rings. The zero-order valence-corrected chi connectivity index (χ0v) is 15.9. The summed E-state index contributed by atoms with van der Waals surface area (Å²) in [7, 11) is 0. The molecule has 0 aliphatic heterocycles. The maximum atomic E-state index is 2.27. The Morgan fingerprint density at radius 1 is 1.06 bits per heavy atom. The maximum Gasteiger partial charge on any atom is 3.00 e. The second-order valence-electron chi connectivity index (χ2n) is 3.70. The standard InChI is InChI=1S/C14H11.2HI.Zr/c1-2-6-11(5-1)14-9-12-7-3-4-8-13(12)10-14;;;/h1-5,7-10H,6H2;2*1H;/q-1;;;+3/p-2. The van der Waals surface area contributed by atoms with Crippen molar-refractivity contribution in [2.45, 2.75) is 6.42 Å². The van der Waals surface area contributed by atoms with E-state index in [4.69, 9.17) is 0 Å². The van der Waals surface area contributed by atoms with Crippen molar-refractivity contribution in [3.05, 3.63) is 60.2 Å². The molecule has 3 rings (SSSR count). The van der Waals surface area contributed by atoms with Gasteiger partial charge in [-0.05, 0) is 6.42 Å². The molecule has 0 amide bonds. The summed E-state index contributed by atoms with van der Waals surface area (Å²) < 4.78 is 0. The summed E-state index contributed by atoms with van der Waals surface area (Å²) in [5.41, 5.74) is 2.80. The van der Waals surface area contributed by atoms with Crippen LogP contribution in [0.3, 0.4) is 0 Å². The molecule has 1 radical (unpaired) electrons. The molecule has 1 aliphatic carbocycles. The van der Waals surface area contributed by atoms with Crippen LogP contribution in [0.2, 0.25) is 0 Å². The van der Waals surface area contributed by atoms with Gasteiger partial charge in [-0.3, -0.25) is 0 Å². The van der Waals surface area contributed by atoms with Gasteiger partial charge in [0.1, 0.15) is 0 Å². The van der Waals surface area contributed by atoms with Crippen LogP contribution in [0.1, 0.15) is 12.0 Å². The van der Waals surface area contributed by atoms with Crippen LogP contribution in [-0.2, 0) is 26.2 Å². The molecular weight excluding hydrogens is 513 g/mol. The Kier molecular flexibility index (Phi) is 8.26. The van der Waals surface area contributed by atoms with Crippen LogP contribution in [-0.4, -0.2) is 0 Å². The third-order valence-electron chi connectivity index (χ3n) is 2.76. The molecule has 2 aromatic rings. The van der Waals surface area contributed by atoms with Crippen LogP contribution in [0.4, 0.5) is 0 Å². The van der Waals surface area contributed by atoms with Gasteiger partial charge < -0.3 is 48.0 Å². The second-order valence-corrected chi connectivity index (χ2v) is 3.70. The topological polar surface area (TPSA) is 0 Å². The number of halogens is 2. The van der Waals surface area contributed by atoms with Crippen LogP contribution < -0.4 is 48.0 Å². The van der Waals surface area contributed by atoms with Crippen molar-refractivity contribution in [3.63, 3.8) is 0 Å². The Morgan fingerprint density at radius 3 is 2.47 bits per heavy atom. The molecule has 0 nitrogen and oxygen atoms in total. The van der Waals surface area contributed by atoms with Crippen molar-refractivity contribution in [1.82, 2.24) is 0 Å². The number of hydrogen-bond acceptors (Lipinski definition) is 0. The normalized spacial score (nSPS) is 12.4. The van der Waals surface area contributed by atoms with Gasteiger partial charge in [-0.1, -0.05) is 36.4 Å². The summed E-state index contributed by atoms with van der Waals surface area (Å²) in [4.78, 5) is 0. The van der Waals surface area contributed by atoms with Gasteiger partial charge in [-0.25, -0.2) is 0 Å². The number of benzene rings is 1. The third-order valence-corrected chi connectivity index (χ3v) is 2.76. The maximum absolute atomic E-state index is 2.27.